The third-order valence-electron chi connectivity index (χ3n) is 5.13. The number of hydrogen-bond acceptors (Lipinski definition) is 5. The van der Waals surface area contributed by atoms with E-state index in [9.17, 15) is 19.8 Å². The maximum Gasteiger partial charge on any atom is 0.167 e. The molecule has 0 aliphatic carbocycles. The van der Waals surface area contributed by atoms with Crippen molar-refractivity contribution >= 4 is 23.7 Å². The van der Waals surface area contributed by atoms with Gasteiger partial charge in [0.25, 0.3) is 0 Å². The zero-order valence-corrected chi connectivity index (χ0v) is 17.5. The van der Waals surface area contributed by atoms with Crippen LogP contribution >= 0.6 is 11.6 Å². The molecule has 0 radical (unpaired) electrons. The molecule has 1 atom stereocenters. The van der Waals surface area contributed by atoms with E-state index in [-0.39, 0.29) is 46.0 Å². The van der Waals surface area contributed by atoms with Gasteiger partial charge >= 0.3 is 0 Å². The van der Waals surface area contributed by atoms with Gasteiger partial charge in [-0.2, -0.15) is 0 Å². The van der Waals surface area contributed by atoms with E-state index < -0.39 is 5.60 Å². The number of carbonyl (C=O) groups is 2. The highest BCUT2D eigenvalue weighted by Crippen LogP contribution is 2.37. The number of aromatic hydroxyl groups is 2. The van der Waals surface area contributed by atoms with Gasteiger partial charge in [-0.3, -0.25) is 9.59 Å². The lowest BCUT2D eigenvalue weighted by Crippen LogP contribution is -2.27. The SMILES string of the molecule is CC(=CCc1c(O)c(Cl)cc(C=O)c1O)CCC=C(C)C1CC(=O)C(C)(C)O1. The van der Waals surface area contributed by atoms with Gasteiger partial charge in [0.15, 0.2) is 12.1 Å². The molecule has 1 unspecified atom stereocenters. The first-order chi connectivity index (χ1) is 13.1. The van der Waals surface area contributed by atoms with Crippen molar-refractivity contribution in [1.29, 1.82) is 0 Å². The van der Waals surface area contributed by atoms with Crippen molar-refractivity contribution in [2.45, 2.75) is 65.1 Å². The lowest BCUT2D eigenvalue weighted by atomic mass is 10.00. The molecule has 1 saturated heterocycles. The van der Waals surface area contributed by atoms with Crippen molar-refractivity contribution in [2.24, 2.45) is 0 Å². The molecule has 0 saturated carbocycles. The van der Waals surface area contributed by atoms with Gasteiger partial charge in [-0.05, 0) is 58.6 Å². The van der Waals surface area contributed by atoms with Gasteiger partial charge in [0.2, 0.25) is 0 Å². The molecular weight excluding hydrogens is 380 g/mol. The van der Waals surface area contributed by atoms with Crippen molar-refractivity contribution in [1.82, 2.24) is 0 Å². The summed E-state index contributed by atoms with van der Waals surface area (Å²) in [7, 11) is 0. The summed E-state index contributed by atoms with van der Waals surface area (Å²) in [6.45, 7) is 7.53. The summed E-state index contributed by atoms with van der Waals surface area (Å²) < 4.78 is 5.82. The average molecular weight is 407 g/mol. The molecule has 2 N–H and O–H groups in total. The van der Waals surface area contributed by atoms with Gasteiger partial charge in [-0.1, -0.05) is 29.3 Å². The maximum atomic E-state index is 11.9. The molecule has 5 nitrogen and oxygen atoms in total. The van der Waals surface area contributed by atoms with Crippen LogP contribution in [0.2, 0.25) is 5.02 Å². The molecule has 1 fully saturated rings. The number of allylic oxidation sites excluding steroid dienone is 3. The second-order valence-corrected chi connectivity index (χ2v) is 8.13. The Bertz CT molecular complexity index is 836. The van der Waals surface area contributed by atoms with E-state index in [1.54, 1.807) is 13.8 Å². The molecule has 28 heavy (non-hydrogen) atoms. The predicted octanol–water partition coefficient (Wildman–Crippen LogP) is 4.92. The Morgan fingerprint density at radius 2 is 1.96 bits per heavy atom. The maximum absolute atomic E-state index is 11.9. The van der Waals surface area contributed by atoms with Crippen molar-refractivity contribution in [3.8, 4) is 11.5 Å². The fourth-order valence-electron chi connectivity index (χ4n) is 3.16. The Morgan fingerprint density at radius 3 is 2.54 bits per heavy atom. The second kappa shape index (κ2) is 8.93. The Kier molecular flexibility index (Phi) is 7.07. The number of halogens is 1. The van der Waals surface area contributed by atoms with E-state index in [0.717, 1.165) is 24.0 Å². The van der Waals surface area contributed by atoms with E-state index in [4.69, 9.17) is 16.3 Å². The smallest absolute Gasteiger partial charge is 0.167 e. The molecule has 0 amide bonds. The molecule has 1 aliphatic heterocycles. The summed E-state index contributed by atoms with van der Waals surface area (Å²) in [4.78, 5) is 22.9. The van der Waals surface area contributed by atoms with Crippen LogP contribution < -0.4 is 0 Å². The molecule has 0 spiro atoms. The van der Waals surface area contributed by atoms with Crippen LogP contribution in [0.15, 0.2) is 29.4 Å². The highest BCUT2D eigenvalue weighted by atomic mass is 35.5. The number of phenols is 2. The Labute approximate surface area is 170 Å². The van der Waals surface area contributed by atoms with Crippen LogP contribution in [-0.2, 0) is 16.0 Å². The zero-order chi connectivity index (χ0) is 21.1. The van der Waals surface area contributed by atoms with E-state index in [1.807, 2.05) is 19.9 Å². The summed E-state index contributed by atoms with van der Waals surface area (Å²) in [6, 6.07) is 1.24. The highest BCUT2D eigenvalue weighted by molar-refractivity contribution is 6.32. The Balaban J connectivity index is 1.98. The molecule has 0 bridgehead atoms. The molecule has 1 heterocycles. The van der Waals surface area contributed by atoms with Crippen molar-refractivity contribution in [2.75, 3.05) is 0 Å². The van der Waals surface area contributed by atoms with E-state index in [2.05, 4.69) is 6.08 Å². The highest BCUT2D eigenvalue weighted by Gasteiger charge is 2.40. The van der Waals surface area contributed by atoms with E-state index in [1.165, 1.54) is 6.07 Å². The zero-order valence-electron chi connectivity index (χ0n) is 16.7. The quantitative estimate of drug-likeness (QED) is 0.496. The van der Waals surface area contributed by atoms with Crippen LogP contribution in [0.1, 0.15) is 62.9 Å². The fourth-order valence-corrected chi connectivity index (χ4v) is 3.39. The second-order valence-electron chi connectivity index (χ2n) is 7.73. The van der Waals surface area contributed by atoms with Gasteiger partial charge < -0.3 is 14.9 Å². The van der Waals surface area contributed by atoms with Gasteiger partial charge in [-0.25, -0.2) is 0 Å². The summed E-state index contributed by atoms with van der Waals surface area (Å²) in [6.07, 6.45) is 6.56. The van der Waals surface area contributed by atoms with Crippen LogP contribution in [0.3, 0.4) is 0 Å². The summed E-state index contributed by atoms with van der Waals surface area (Å²) >= 11 is 5.91. The normalized spacial score (nSPS) is 19.9. The van der Waals surface area contributed by atoms with E-state index in [0.29, 0.717) is 12.7 Å². The number of carbonyl (C=O) groups excluding carboxylic acids is 2. The van der Waals surface area contributed by atoms with E-state index >= 15 is 0 Å². The molecule has 0 aromatic heterocycles. The monoisotopic (exact) mass is 406 g/mol. The van der Waals surface area contributed by atoms with Crippen LogP contribution in [0, 0.1) is 0 Å². The summed E-state index contributed by atoms with van der Waals surface area (Å²) in [5.41, 5.74) is 1.70. The molecule has 152 valence electrons. The molecule has 1 aromatic carbocycles. The number of phenolic OH excluding ortho intramolecular Hbond substituents is 2. The number of aldehydes is 1. The summed E-state index contributed by atoms with van der Waals surface area (Å²) in [5, 5.41) is 20.2. The molecule has 1 aromatic rings. The number of ketones is 1. The number of ether oxygens (including phenoxy) is 1. The topological polar surface area (TPSA) is 83.8 Å². The fraction of sp³-hybridized carbons (Fsp3) is 0.455. The minimum atomic E-state index is -0.711. The van der Waals surface area contributed by atoms with Gasteiger partial charge in [0.1, 0.15) is 17.1 Å². The largest absolute Gasteiger partial charge is 0.507 e. The average Bonchev–Trinajstić information content (AvgIpc) is 2.91. The lowest BCUT2D eigenvalue weighted by molar-refractivity contribution is -0.129. The Morgan fingerprint density at radius 1 is 1.29 bits per heavy atom. The minimum absolute atomic E-state index is 0.0357. The van der Waals surface area contributed by atoms with Gasteiger partial charge in [0.05, 0.1) is 16.7 Å². The first kappa shape index (κ1) is 22.2. The van der Waals surface area contributed by atoms with Crippen LogP contribution in [-0.4, -0.2) is 34.0 Å². The van der Waals surface area contributed by atoms with Crippen LogP contribution in [0.25, 0.3) is 0 Å². The predicted molar refractivity (Wildman–Crippen MR) is 109 cm³/mol. The number of Topliss-reactive ketones (excluding diaryl/α,β-unsaturated/α-hetero) is 1. The third-order valence-corrected chi connectivity index (χ3v) is 5.42. The first-order valence-electron chi connectivity index (χ1n) is 9.28. The molecule has 1 aliphatic rings. The first-order valence-corrected chi connectivity index (χ1v) is 9.66. The van der Waals surface area contributed by atoms with Crippen LogP contribution in [0.5, 0.6) is 11.5 Å². The van der Waals surface area contributed by atoms with Crippen molar-refractivity contribution < 1.29 is 24.5 Å². The lowest BCUT2D eigenvalue weighted by Gasteiger charge is -2.18. The number of rotatable bonds is 7. The number of hydrogen-bond donors (Lipinski definition) is 2. The molecular formula is C22H27ClO5. The standard InChI is InChI=1S/C22H27ClO5/c1-13(6-5-7-14(2)18-11-19(25)22(3,4)28-18)8-9-16-20(26)15(12-24)10-17(23)21(16)27/h7-8,10,12,18,26-27H,5-6,9,11H2,1-4H3. The third kappa shape index (κ3) is 5.03. The van der Waals surface area contributed by atoms with Crippen molar-refractivity contribution in [3.05, 3.63) is 45.5 Å². The minimum Gasteiger partial charge on any atom is -0.507 e. The molecule has 6 heteroatoms. The molecule has 2 rings (SSSR count). The summed E-state index contributed by atoms with van der Waals surface area (Å²) in [5.74, 6) is -0.338. The van der Waals surface area contributed by atoms with Gasteiger partial charge in [0, 0.05) is 12.0 Å². The van der Waals surface area contributed by atoms with Crippen molar-refractivity contribution in [3.63, 3.8) is 0 Å². The van der Waals surface area contributed by atoms with Gasteiger partial charge in [-0.15, -0.1) is 0 Å². The Hall–Kier alpha value is -2.11. The van der Waals surface area contributed by atoms with Crippen LogP contribution in [0.4, 0.5) is 0 Å². The number of benzene rings is 1.